The minimum absolute atomic E-state index is 0.0818. The summed E-state index contributed by atoms with van der Waals surface area (Å²) in [7, 11) is 0. The van der Waals surface area contributed by atoms with Crippen molar-refractivity contribution >= 4 is 46.0 Å². The van der Waals surface area contributed by atoms with Crippen LogP contribution in [0.25, 0.3) is 22.2 Å². The minimum Gasteiger partial charge on any atom is -0.383 e. The third-order valence-corrected chi connectivity index (χ3v) is 6.54. The van der Waals surface area contributed by atoms with E-state index in [-0.39, 0.29) is 17.9 Å². The fourth-order valence-electron chi connectivity index (χ4n) is 4.51. The number of anilines is 2. The quantitative estimate of drug-likeness (QED) is 0.393. The lowest BCUT2D eigenvalue weighted by atomic mass is 10.0. The first-order chi connectivity index (χ1) is 17.5. The van der Waals surface area contributed by atoms with Crippen molar-refractivity contribution in [3.8, 4) is 11.3 Å². The number of hydrogen-bond donors (Lipinski definition) is 2. The summed E-state index contributed by atoms with van der Waals surface area (Å²) in [5, 5.41) is 8.74. The molecule has 1 fully saturated rings. The molecule has 36 heavy (non-hydrogen) atoms. The summed E-state index contributed by atoms with van der Waals surface area (Å²) in [5.41, 5.74) is 8.82. The maximum absolute atomic E-state index is 12.6. The number of piperidine rings is 1. The number of fused-ring (bicyclic) bond motifs is 1. The van der Waals surface area contributed by atoms with Gasteiger partial charge in [-0.3, -0.25) is 14.3 Å². The molecule has 1 unspecified atom stereocenters. The van der Waals surface area contributed by atoms with Gasteiger partial charge in [0.15, 0.2) is 0 Å². The molecule has 1 atom stereocenters. The van der Waals surface area contributed by atoms with Gasteiger partial charge in [-0.1, -0.05) is 36.4 Å². The van der Waals surface area contributed by atoms with Crippen LogP contribution in [0.5, 0.6) is 0 Å². The molecule has 1 aliphatic rings. The molecule has 5 rings (SSSR count). The summed E-state index contributed by atoms with van der Waals surface area (Å²) in [6.45, 7) is 4.77. The summed E-state index contributed by atoms with van der Waals surface area (Å²) >= 11 is 6.59. The number of amides is 2. The average Bonchev–Trinajstić information content (AvgIpc) is 3.33. The van der Waals surface area contributed by atoms with Gasteiger partial charge in [-0.15, -0.1) is 0 Å². The summed E-state index contributed by atoms with van der Waals surface area (Å²) in [5.74, 6) is 0.404. The number of likely N-dealkylation sites (tertiary alicyclic amines) is 1. The molecule has 4 aromatic rings. The van der Waals surface area contributed by atoms with Gasteiger partial charge < -0.3 is 16.0 Å². The van der Waals surface area contributed by atoms with Crippen LogP contribution in [0.1, 0.15) is 29.2 Å². The molecule has 0 aliphatic carbocycles. The van der Waals surface area contributed by atoms with E-state index < -0.39 is 0 Å². The Bertz CT molecular complexity index is 1450. The van der Waals surface area contributed by atoms with Gasteiger partial charge in [0.1, 0.15) is 17.3 Å². The number of nitrogens with two attached hydrogens (primary N) is 1. The van der Waals surface area contributed by atoms with Crippen LogP contribution in [0, 0.1) is 0 Å². The number of rotatable bonds is 5. The largest absolute Gasteiger partial charge is 0.383 e. The highest BCUT2D eigenvalue weighted by atomic mass is 35.5. The third-order valence-electron chi connectivity index (χ3n) is 6.27. The summed E-state index contributed by atoms with van der Waals surface area (Å²) in [4.78, 5) is 35.0. The minimum atomic E-state index is -0.269. The second-order valence-corrected chi connectivity index (χ2v) is 8.95. The molecule has 0 spiro atoms. The fourth-order valence-corrected chi connectivity index (χ4v) is 4.74. The predicted molar refractivity (Wildman–Crippen MR) is 140 cm³/mol. The zero-order valence-electron chi connectivity index (χ0n) is 19.4. The third kappa shape index (κ3) is 4.40. The Morgan fingerprint density at radius 1 is 1.17 bits per heavy atom. The van der Waals surface area contributed by atoms with Gasteiger partial charge in [0.25, 0.3) is 5.91 Å². The van der Waals surface area contributed by atoms with Crippen molar-refractivity contribution in [2.45, 2.75) is 18.9 Å². The Balaban J connectivity index is 1.51. The molecule has 0 radical (unpaired) electrons. The topological polar surface area (TPSA) is 119 Å². The van der Waals surface area contributed by atoms with Crippen LogP contribution < -0.4 is 11.1 Å². The number of carbonyl (C=O) groups excluding carboxylic acids is 2. The van der Waals surface area contributed by atoms with E-state index in [4.69, 9.17) is 22.4 Å². The number of aromatic nitrogens is 4. The molecule has 1 saturated heterocycles. The molecule has 1 aromatic carbocycles. The molecule has 9 nitrogen and oxygen atoms in total. The number of halogens is 1. The maximum atomic E-state index is 12.6. The Morgan fingerprint density at radius 2 is 1.97 bits per heavy atom. The Kier molecular flexibility index (Phi) is 6.39. The fraction of sp³-hybridized carbons (Fsp3) is 0.192. The summed E-state index contributed by atoms with van der Waals surface area (Å²) < 4.78 is 1.86. The summed E-state index contributed by atoms with van der Waals surface area (Å²) in [6.07, 6.45) is 6.13. The lowest BCUT2D eigenvalue weighted by Crippen LogP contribution is -2.40. The van der Waals surface area contributed by atoms with Crippen molar-refractivity contribution in [1.29, 1.82) is 0 Å². The number of benzene rings is 1. The van der Waals surface area contributed by atoms with Crippen molar-refractivity contribution in [2.24, 2.45) is 0 Å². The van der Waals surface area contributed by atoms with Crippen LogP contribution in [-0.4, -0.2) is 49.6 Å². The van der Waals surface area contributed by atoms with Crippen molar-refractivity contribution < 1.29 is 9.59 Å². The van der Waals surface area contributed by atoms with Crippen molar-refractivity contribution in [3.63, 3.8) is 0 Å². The molecular weight excluding hydrogens is 478 g/mol. The Morgan fingerprint density at radius 3 is 2.69 bits per heavy atom. The molecule has 0 saturated carbocycles. The first-order valence-electron chi connectivity index (χ1n) is 11.5. The number of nitrogens with zero attached hydrogens (tertiary/aromatic N) is 5. The lowest BCUT2D eigenvalue weighted by Gasteiger charge is -2.32. The van der Waals surface area contributed by atoms with E-state index in [1.165, 1.54) is 12.3 Å². The van der Waals surface area contributed by atoms with E-state index in [1.54, 1.807) is 41.4 Å². The zero-order valence-corrected chi connectivity index (χ0v) is 20.2. The Labute approximate surface area is 212 Å². The first kappa shape index (κ1) is 23.5. The second kappa shape index (κ2) is 9.79. The maximum Gasteiger partial charge on any atom is 0.256 e. The highest BCUT2D eigenvalue weighted by Gasteiger charge is 2.28. The van der Waals surface area contributed by atoms with E-state index in [0.717, 1.165) is 18.4 Å². The van der Waals surface area contributed by atoms with E-state index in [9.17, 15) is 9.59 Å². The van der Waals surface area contributed by atoms with Gasteiger partial charge in [-0.2, -0.15) is 5.10 Å². The highest BCUT2D eigenvalue weighted by molar-refractivity contribution is 6.35. The lowest BCUT2D eigenvalue weighted by molar-refractivity contribution is -0.127. The predicted octanol–water partition coefficient (Wildman–Crippen LogP) is 4.33. The van der Waals surface area contributed by atoms with Gasteiger partial charge in [-0.05, 0) is 43.2 Å². The molecule has 10 heteroatoms. The van der Waals surface area contributed by atoms with Crippen molar-refractivity contribution in [1.82, 2.24) is 24.6 Å². The highest BCUT2D eigenvalue weighted by Crippen LogP contribution is 2.38. The van der Waals surface area contributed by atoms with Crippen LogP contribution in [-0.2, 0) is 4.79 Å². The molecule has 3 N–H and O–H groups in total. The smallest absolute Gasteiger partial charge is 0.256 e. The normalized spacial score (nSPS) is 15.6. The number of hydrogen-bond acceptors (Lipinski definition) is 6. The molecule has 182 valence electrons. The average molecular weight is 502 g/mol. The van der Waals surface area contributed by atoms with Crippen LogP contribution >= 0.6 is 11.6 Å². The van der Waals surface area contributed by atoms with Gasteiger partial charge in [0.2, 0.25) is 5.91 Å². The van der Waals surface area contributed by atoms with Crippen LogP contribution in [0.3, 0.4) is 0 Å². The van der Waals surface area contributed by atoms with Gasteiger partial charge in [-0.25, -0.2) is 9.97 Å². The van der Waals surface area contributed by atoms with E-state index in [1.807, 2.05) is 16.8 Å². The van der Waals surface area contributed by atoms with E-state index in [2.05, 4.69) is 21.9 Å². The van der Waals surface area contributed by atoms with E-state index in [0.29, 0.717) is 51.9 Å². The van der Waals surface area contributed by atoms with Crippen LogP contribution in [0.15, 0.2) is 67.5 Å². The molecular formula is C26H24ClN7O2. The van der Waals surface area contributed by atoms with Gasteiger partial charge in [0, 0.05) is 30.4 Å². The Hall–Kier alpha value is -4.24. The SMILES string of the molecule is C=CC(=O)N1CCCC(n2nc(-c3ccc(C(=O)Nc4ccccn4)cc3)c3c(N)ncc(Cl)c32)C1. The monoisotopic (exact) mass is 501 g/mol. The number of pyridine rings is 2. The van der Waals surface area contributed by atoms with Crippen molar-refractivity contribution in [2.75, 3.05) is 24.1 Å². The molecule has 1 aliphatic heterocycles. The van der Waals surface area contributed by atoms with E-state index >= 15 is 0 Å². The standard InChI is InChI=1S/C26H24ClN7O2/c1-2-21(35)33-13-5-6-18(15-33)34-24-19(27)14-30-25(28)22(24)23(32-34)16-8-10-17(11-9-16)26(36)31-20-7-3-4-12-29-20/h2-4,7-12,14,18H,1,5-6,13,15H2,(H2,28,30)(H,29,31,36). The zero-order chi connectivity index (χ0) is 25.2. The molecule has 3 aromatic heterocycles. The van der Waals surface area contributed by atoms with Crippen molar-refractivity contribution in [3.05, 3.63) is 78.1 Å². The molecule has 4 heterocycles. The van der Waals surface area contributed by atoms with Gasteiger partial charge in [0.05, 0.1) is 28.2 Å². The molecule has 0 bridgehead atoms. The number of nitrogens with one attached hydrogen (secondary N) is 1. The molecule has 2 amide bonds. The van der Waals surface area contributed by atoms with Crippen LogP contribution in [0.4, 0.5) is 11.6 Å². The summed E-state index contributed by atoms with van der Waals surface area (Å²) in [6, 6.07) is 12.3. The second-order valence-electron chi connectivity index (χ2n) is 8.54. The first-order valence-corrected chi connectivity index (χ1v) is 11.9. The van der Waals surface area contributed by atoms with Crippen LogP contribution in [0.2, 0.25) is 5.02 Å². The van der Waals surface area contributed by atoms with Gasteiger partial charge >= 0.3 is 0 Å². The number of nitrogen functional groups attached to an aromatic ring is 1. The number of carbonyl (C=O) groups is 2.